The van der Waals surface area contributed by atoms with Gasteiger partial charge in [0.1, 0.15) is 23.0 Å². The summed E-state index contributed by atoms with van der Waals surface area (Å²) >= 11 is 0. The summed E-state index contributed by atoms with van der Waals surface area (Å²) in [6.45, 7) is 8.51. The maximum Gasteiger partial charge on any atom is 0.206 e. The van der Waals surface area contributed by atoms with Crippen molar-refractivity contribution in [2.45, 2.75) is 49.3 Å². The normalized spacial score (nSPS) is 11.6. The van der Waals surface area contributed by atoms with Crippen molar-refractivity contribution in [3.8, 4) is 23.0 Å². The number of sulfone groups is 1. The quantitative estimate of drug-likeness (QED) is 0.251. The lowest BCUT2D eigenvalue weighted by molar-refractivity contribution is 0.481. The van der Waals surface area contributed by atoms with Crippen molar-refractivity contribution in [3.05, 3.63) is 108 Å². The van der Waals surface area contributed by atoms with Gasteiger partial charge < -0.3 is 9.47 Å². The van der Waals surface area contributed by atoms with E-state index in [1.165, 1.54) is 11.1 Å². The molecule has 0 heterocycles. The van der Waals surface area contributed by atoms with Crippen LogP contribution in [0.1, 0.15) is 50.7 Å². The maximum atomic E-state index is 13.1. The predicted molar refractivity (Wildman–Crippen MR) is 140 cm³/mol. The molecule has 0 saturated heterocycles. The second-order valence-electron chi connectivity index (χ2n) is 9.10. The molecule has 0 aliphatic heterocycles. The lowest BCUT2D eigenvalue weighted by Gasteiger charge is -2.11. The van der Waals surface area contributed by atoms with E-state index in [1.807, 2.05) is 36.4 Å². The molecule has 180 valence electrons. The average molecular weight is 487 g/mol. The molecule has 0 aliphatic carbocycles. The van der Waals surface area contributed by atoms with Crippen LogP contribution in [-0.2, 0) is 9.84 Å². The van der Waals surface area contributed by atoms with Crippen LogP contribution < -0.4 is 9.47 Å². The fourth-order valence-corrected chi connectivity index (χ4v) is 4.92. The molecule has 4 aromatic rings. The Balaban J connectivity index is 1.47. The minimum atomic E-state index is -3.67. The van der Waals surface area contributed by atoms with Crippen LogP contribution in [0.25, 0.3) is 0 Å². The highest BCUT2D eigenvalue weighted by Crippen LogP contribution is 2.30. The van der Waals surface area contributed by atoms with Crippen molar-refractivity contribution in [1.82, 2.24) is 0 Å². The summed E-state index contributed by atoms with van der Waals surface area (Å²) in [7, 11) is -3.67. The van der Waals surface area contributed by atoms with Gasteiger partial charge in [0.05, 0.1) is 9.79 Å². The molecule has 0 fully saturated rings. The first-order chi connectivity index (χ1) is 16.7. The van der Waals surface area contributed by atoms with Crippen LogP contribution in [0.4, 0.5) is 0 Å². The number of hydrogen-bond acceptors (Lipinski definition) is 4. The van der Waals surface area contributed by atoms with Gasteiger partial charge in [-0.25, -0.2) is 8.42 Å². The molecule has 0 bridgehead atoms. The standard InChI is InChI=1S/C30H30O4S/c1-21(2)23-7-5-9-27(19-23)33-25-11-15-29(16-12-25)35(31,32)30-17-13-26(14-18-30)34-28-10-6-8-24(20-28)22(3)4/h5-22H,1-4H3. The second kappa shape index (κ2) is 10.4. The molecule has 4 nitrogen and oxygen atoms in total. The lowest BCUT2D eigenvalue weighted by atomic mass is 10.0. The van der Waals surface area contributed by atoms with Gasteiger partial charge in [-0.05, 0) is 95.8 Å². The third-order valence-electron chi connectivity index (χ3n) is 5.79. The predicted octanol–water partition coefficient (Wildman–Crippen LogP) is 8.35. The van der Waals surface area contributed by atoms with Gasteiger partial charge in [-0.1, -0.05) is 52.0 Å². The summed E-state index contributed by atoms with van der Waals surface area (Å²) in [5.74, 6) is 3.40. The molecule has 0 radical (unpaired) electrons. The van der Waals surface area contributed by atoms with Gasteiger partial charge in [-0.15, -0.1) is 0 Å². The summed E-state index contributed by atoms with van der Waals surface area (Å²) in [6, 6.07) is 28.8. The van der Waals surface area contributed by atoms with Gasteiger partial charge in [0.25, 0.3) is 0 Å². The molecular weight excluding hydrogens is 456 g/mol. The Kier molecular flexibility index (Phi) is 7.27. The van der Waals surface area contributed by atoms with Crippen molar-refractivity contribution in [2.24, 2.45) is 0 Å². The highest BCUT2D eigenvalue weighted by atomic mass is 32.2. The zero-order valence-electron chi connectivity index (χ0n) is 20.4. The van der Waals surface area contributed by atoms with Crippen LogP contribution in [0.2, 0.25) is 0 Å². The molecule has 4 aromatic carbocycles. The summed E-state index contributed by atoms with van der Waals surface area (Å²) in [4.78, 5) is 0.415. The topological polar surface area (TPSA) is 52.6 Å². The molecule has 0 aromatic heterocycles. The third kappa shape index (κ3) is 5.92. The van der Waals surface area contributed by atoms with E-state index in [1.54, 1.807) is 48.5 Å². The fourth-order valence-electron chi connectivity index (χ4n) is 3.66. The van der Waals surface area contributed by atoms with Crippen LogP contribution in [0.3, 0.4) is 0 Å². The summed E-state index contributed by atoms with van der Waals surface area (Å²) in [5, 5.41) is 0. The van der Waals surface area contributed by atoms with Gasteiger partial charge in [-0.2, -0.15) is 0 Å². The summed E-state index contributed by atoms with van der Waals surface area (Å²) in [5.41, 5.74) is 2.36. The first kappa shape index (κ1) is 24.6. The Morgan fingerprint density at radius 3 is 1.23 bits per heavy atom. The van der Waals surface area contributed by atoms with E-state index >= 15 is 0 Å². The third-order valence-corrected chi connectivity index (χ3v) is 7.57. The Morgan fingerprint density at radius 2 is 0.886 bits per heavy atom. The molecule has 4 rings (SSSR count). The molecule has 35 heavy (non-hydrogen) atoms. The van der Waals surface area contributed by atoms with Gasteiger partial charge in [0, 0.05) is 0 Å². The highest BCUT2D eigenvalue weighted by molar-refractivity contribution is 7.91. The van der Waals surface area contributed by atoms with E-state index in [0.29, 0.717) is 23.3 Å². The molecule has 0 amide bonds. The molecule has 0 spiro atoms. The second-order valence-corrected chi connectivity index (χ2v) is 11.1. The Bertz CT molecular complexity index is 1280. The van der Waals surface area contributed by atoms with Gasteiger partial charge in [-0.3, -0.25) is 0 Å². The largest absolute Gasteiger partial charge is 0.457 e. The molecule has 0 aliphatic rings. The van der Waals surface area contributed by atoms with Crippen molar-refractivity contribution in [3.63, 3.8) is 0 Å². The van der Waals surface area contributed by atoms with Crippen LogP contribution >= 0.6 is 0 Å². The van der Waals surface area contributed by atoms with Gasteiger partial charge >= 0.3 is 0 Å². The van der Waals surface area contributed by atoms with E-state index < -0.39 is 9.84 Å². The minimum Gasteiger partial charge on any atom is -0.457 e. The number of hydrogen-bond donors (Lipinski definition) is 0. The zero-order valence-corrected chi connectivity index (χ0v) is 21.3. The van der Waals surface area contributed by atoms with E-state index in [4.69, 9.17) is 9.47 Å². The number of benzene rings is 4. The van der Waals surface area contributed by atoms with Crippen molar-refractivity contribution in [2.75, 3.05) is 0 Å². The Morgan fingerprint density at radius 1 is 0.514 bits per heavy atom. The van der Waals surface area contributed by atoms with Crippen LogP contribution in [0.15, 0.2) is 107 Å². The van der Waals surface area contributed by atoms with Crippen molar-refractivity contribution in [1.29, 1.82) is 0 Å². The number of rotatable bonds is 8. The zero-order chi connectivity index (χ0) is 25.0. The van der Waals surface area contributed by atoms with Crippen LogP contribution in [0.5, 0.6) is 23.0 Å². The fraction of sp³-hybridized carbons (Fsp3) is 0.200. The van der Waals surface area contributed by atoms with Gasteiger partial charge in [0.15, 0.2) is 0 Å². The minimum absolute atomic E-state index is 0.207. The van der Waals surface area contributed by atoms with Crippen molar-refractivity contribution < 1.29 is 17.9 Å². The average Bonchev–Trinajstić information content (AvgIpc) is 2.85. The maximum absolute atomic E-state index is 13.1. The van der Waals surface area contributed by atoms with E-state index in [9.17, 15) is 8.42 Å². The Hall–Kier alpha value is -3.57. The lowest BCUT2D eigenvalue weighted by Crippen LogP contribution is -2.02. The monoisotopic (exact) mass is 486 g/mol. The SMILES string of the molecule is CC(C)c1cccc(Oc2ccc(S(=O)(=O)c3ccc(Oc4cccc(C(C)C)c4)cc3)cc2)c1. The van der Waals surface area contributed by atoms with Crippen LogP contribution in [-0.4, -0.2) is 8.42 Å². The first-order valence-electron chi connectivity index (χ1n) is 11.7. The van der Waals surface area contributed by atoms with Gasteiger partial charge in [0.2, 0.25) is 9.84 Å². The van der Waals surface area contributed by atoms with E-state index in [2.05, 4.69) is 39.8 Å². The Labute approximate surface area is 208 Å². The molecule has 0 atom stereocenters. The van der Waals surface area contributed by atoms with E-state index in [-0.39, 0.29) is 9.79 Å². The molecule has 5 heteroatoms. The number of ether oxygens (including phenoxy) is 2. The van der Waals surface area contributed by atoms with E-state index in [0.717, 1.165) is 11.5 Å². The summed E-state index contributed by atoms with van der Waals surface area (Å²) in [6.07, 6.45) is 0. The molecule has 0 unspecified atom stereocenters. The van der Waals surface area contributed by atoms with Crippen LogP contribution in [0, 0.1) is 0 Å². The highest BCUT2D eigenvalue weighted by Gasteiger charge is 2.18. The smallest absolute Gasteiger partial charge is 0.206 e. The first-order valence-corrected chi connectivity index (χ1v) is 13.2. The van der Waals surface area contributed by atoms with Crippen molar-refractivity contribution >= 4 is 9.84 Å². The molecular formula is C30H30O4S. The molecule has 0 N–H and O–H groups in total. The summed E-state index contributed by atoms with van der Waals surface area (Å²) < 4.78 is 38.1. The molecule has 0 saturated carbocycles.